The van der Waals surface area contributed by atoms with Crippen molar-refractivity contribution in [3.8, 4) is 23.0 Å². The summed E-state index contributed by atoms with van der Waals surface area (Å²) in [5.41, 5.74) is -1.72. The van der Waals surface area contributed by atoms with Crippen LogP contribution in [0.3, 0.4) is 0 Å². The molecule has 2 atom stereocenters. The topological polar surface area (TPSA) is 110 Å². The molecule has 2 N–H and O–H groups in total. The fourth-order valence-electron chi connectivity index (χ4n) is 5.74. The zero-order valence-electron chi connectivity index (χ0n) is 24.2. The van der Waals surface area contributed by atoms with Crippen molar-refractivity contribution in [3.63, 3.8) is 0 Å². The second kappa shape index (κ2) is 12.5. The number of hydrogen-bond donors (Lipinski definition) is 2. The van der Waals surface area contributed by atoms with Crippen molar-refractivity contribution in [1.82, 2.24) is 20.3 Å². The Kier molecular flexibility index (Phi) is 8.92. The van der Waals surface area contributed by atoms with E-state index >= 15 is 8.78 Å². The molecule has 1 saturated heterocycles. The number of alkyl halides is 4. The molecule has 1 aliphatic rings. The molecule has 0 spiro atoms. The first-order valence-electron chi connectivity index (χ1n) is 13.9. The Bertz CT molecular complexity index is 1740. The second-order valence-corrected chi connectivity index (χ2v) is 11.1. The summed E-state index contributed by atoms with van der Waals surface area (Å²) in [6.07, 6.45) is -4.09. The lowest BCUT2D eigenvalue weighted by Gasteiger charge is -2.42. The monoisotopic (exact) mass is 637 g/mol. The van der Waals surface area contributed by atoms with Crippen molar-refractivity contribution in [3.05, 3.63) is 47.7 Å². The number of anilines is 1. The molecule has 2 aromatic carbocycles. The number of piperidine rings is 1. The van der Waals surface area contributed by atoms with E-state index < -0.39 is 47.7 Å². The maximum absolute atomic E-state index is 16.5. The number of nitrogens with zero attached hydrogens (tertiary/aromatic N) is 4. The van der Waals surface area contributed by atoms with E-state index in [-0.39, 0.29) is 65.1 Å². The van der Waals surface area contributed by atoms with Gasteiger partial charge in [-0.25, -0.2) is 13.2 Å². The summed E-state index contributed by atoms with van der Waals surface area (Å²) in [7, 11) is 1.50. The molecule has 15 heteroatoms. The van der Waals surface area contributed by atoms with Crippen molar-refractivity contribution in [2.45, 2.75) is 44.1 Å². The zero-order valence-corrected chi connectivity index (χ0v) is 24.2. The van der Waals surface area contributed by atoms with Crippen molar-refractivity contribution >= 4 is 33.9 Å². The number of fused-ring (bicyclic) bond motifs is 2. The van der Waals surface area contributed by atoms with E-state index in [1.165, 1.54) is 42.5 Å². The second-order valence-electron chi connectivity index (χ2n) is 11.1. The van der Waals surface area contributed by atoms with Gasteiger partial charge in [-0.15, -0.1) is 0 Å². The molecule has 2 aromatic heterocycles. The number of nitrogens with one attached hydrogen (secondary N) is 1. The minimum absolute atomic E-state index is 0.0128. The number of pyridine rings is 1. The number of carbonyl (C=O) groups excluding carboxylic acids is 1. The number of rotatable bonds is 10. The van der Waals surface area contributed by atoms with Crippen molar-refractivity contribution in [2.75, 3.05) is 38.3 Å². The number of aromatic hydroxyl groups is 1. The summed E-state index contributed by atoms with van der Waals surface area (Å²) in [6, 6.07) is 4.41. The summed E-state index contributed by atoms with van der Waals surface area (Å²) in [4.78, 5) is 24.8. The van der Waals surface area contributed by atoms with Crippen LogP contribution in [-0.4, -0.2) is 77.8 Å². The van der Waals surface area contributed by atoms with Gasteiger partial charge in [0.05, 0.1) is 17.5 Å². The van der Waals surface area contributed by atoms with Crippen LogP contribution in [0.5, 0.6) is 11.8 Å². The SMILES string of the molecule is COCCCc1c(F)ccc2cc(O)cc(-c3ncc4c(N5CC(F)CC(C)(NC=O)C5)nc(OCC(F)(F)F)nc4c3F)c12. The summed E-state index contributed by atoms with van der Waals surface area (Å²) in [6.45, 7) is -0.177. The highest BCUT2D eigenvalue weighted by atomic mass is 19.4. The van der Waals surface area contributed by atoms with Crippen LogP contribution in [0.1, 0.15) is 25.3 Å². The largest absolute Gasteiger partial charge is 0.508 e. The molecule has 45 heavy (non-hydrogen) atoms. The number of phenolic OH excluding ortho intramolecular Hbond substituents is 1. The van der Waals surface area contributed by atoms with Gasteiger partial charge in [0.25, 0.3) is 0 Å². The number of aryl methyl sites for hydroxylation is 1. The molecule has 0 bridgehead atoms. The molecule has 4 aromatic rings. The number of amides is 1. The molecular formula is C30H29F6N5O4. The van der Waals surface area contributed by atoms with E-state index in [2.05, 4.69) is 20.3 Å². The molecule has 0 radical (unpaired) electrons. The first kappa shape index (κ1) is 32.0. The molecule has 0 aliphatic carbocycles. The zero-order chi connectivity index (χ0) is 32.5. The van der Waals surface area contributed by atoms with E-state index in [0.717, 1.165) is 0 Å². The van der Waals surface area contributed by atoms with Gasteiger partial charge in [0, 0.05) is 38.4 Å². The molecule has 1 fully saturated rings. The summed E-state index contributed by atoms with van der Waals surface area (Å²) in [5, 5.41) is 13.6. The Morgan fingerprint density at radius 3 is 2.71 bits per heavy atom. The van der Waals surface area contributed by atoms with Gasteiger partial charge < -0.3 is 24.8 Å². The van der Waals surface area contributed by atoms with Crippen LogP contribution in [0.4, 0.5) is 32.2 Å². The highest BCUT2D eigenvalue weighted by Crippen LogP contribution is 2.40. The highest BCUT2D eigenvalue weighted by Gasteiger charge is 2.38. The van der Waals surface area contributed by atoms with Gasteiger partial charge in [0.1, 0.15) is 34.8 Å². The van der Waals surface area contributed by atoms with Crippen LogP contribution >= 0.6 is 0 Å². The van der Waals surface area contributed by atoms with Gasteiger partial charge in [0.15, 0.2) is 12.4 Å². The quantitative estimate of drug-likeness (QED) is 0.135. The smallest absolute Gasteiger partial charge is 0.422 e. The van der Waals surface area contributed by atoms with Crippen LogP contribution in [0, 0.1) is 11.6 Å². The summed E-state index contributed by atoms with van der Waals surface area (Å²) < 4.78 is 95.6. The third-order valence-corrected chi connectivity index (χ3v) is 7.53. The normalized spacial score (nSPS) is 18.8. The van der Waals surface area contributed by atoms with E-state index in [4.69, 9.17) is 9.47 Å². The van der Waals surface area contributed by atoms with Gasteiger partial charge in [-0.2, -0.15) is 23.1 Å². The van der Waals surface area contributed by atoms with Crippen LogP contribution in [0.2, 0.25) is 0 Å². The van der Waals surface area contributed by atoms with Crippen LogP contribution in [0.15, 0.2) is 30.5 Å². The van der Waals surface area contributed by atoms with E-state index in [9.17, 15) is 27.5 Å². The summed E-state index contributed by atoms with van der Waals surface area (Å²) in [5.74, 6) is -2.12. The van der Waals surface area contributed by atoms with Crippen LogP contribution in [-0.2, 0) is 16.0 Å². The Morgan fingerprint density at radius 2 is 2.00 bits per heavy atom. The molecule has 3 heterocycles. The lowest BCUT2D eigenvalue weighted by Crippen LogP contribution is -2.58. The Hall–Kier alpha value is -4.40. The van der Waals surface area contributed by atoms with E-state index in [0.29, 0.717) is 24.8 Å². The maximum atomic E-state index is 16.5. The van der Waals surface area contributed by atoms with Crippen LogP contribution < -0.4 is 15.0 Å². The molecular weight excluding hydrogens is 608 g/mol. The Balaban J connectivity index is 1.72. The fourth-order valence-corrected chi connectivity index (χ4v) is 5.74. The minimum Gasteiger partial charge on any atom is -0.508 e. The molecule has 240 valence electrons. The third kappa shape index (κ3) is 6.82. The average Bonchev–Trinajstić information content (AvgIpc) is 2.96. The number of aromatic nitrogens is 3. The lowest BCUT2D eigenvalue weighted by molar-refractivity contribution is -0.154. The maximum Gasteiger partial charge on any atom is 0.422 e. The number of halogens is 6. The number of benzene rings is 2. The van der Waals surface area contributed by atoms with Gasteiger partial charge in [-0.1, -0.05) is 6.07 Å². The Morgan fingerprint density at radius 1 is 1.22 bits per heavy atom. The van der Waals surface area contributed by atoms with Gasteiger partial charge in [-0.3, -0.25) is 9.78 Å². The van der Waals surface area contributed by atoms with Gasteiger partial charge in [0.2, 0.25) is 6.41 Å². The minimum atomic E-state index is -4.77. The highest BCUT2D eigenvalue weighted by molar-refractivity contribution is 6.01. The van der Waals surface area contributed by atoms with Crippen molar-refractivity contribution in [1.29, 1.82) is 0 Å². The van der Waals surface area contributed by atoms with E-state index in [1.54, 1.807) is 6.92 Å². The standard InChI is InChI=1S/C30H29F6N5O4/c1-29(38-15-42)10-17(31)12-41(13-29)27-21-11-37-25(24(33)26(21)39-28(40-27)45-14-30(34,35)36)20-9-18(43)8-16-5-6-22(32)19(23(16)20)4-3-7-44-2/h5-6,8-9,11,15,17,43H,3-4,7,10,12-14H2,1-2H3,(H,38,42). The van der Waals surface area contributed by atoms with Gasteiger partial charge in [-0.05, 0) is 54.3 Å². The summed E-state index contributed by atoms with van der Waals surface area (Å²) >= 11 is 0. The number of ether oxygens (including phenoxy) is 2. The van der Waals surface area contributed by atoms with E-state index in [1.807, 2.05) is 0 Å². The molecule has 2 unspecified atom stereocenters. The molecule has 9 nitrogen and oxygen atoms in total. The molecule has 1 aliphatic heterocycles. The average molecular weight is 638 g/mol. The Labute approximate surface area is 253 Å². The van der Waals surface area contributed by atoms with Crippen molar-refractivity contribution in [2.24, 2.45) is 0 Å². The first-order chi connectivity index (χ1) is 21.3. The molecule has 5 rings (SSSR count). The third-order valence-electron chi connectivity index (χ3n) is 7.53. The van der Waals surface area contributed by atoms with Crippen molar-refractivity contribution < 1.29 is 45.7 Å². The predicted octanol–water partition coefficient (Wildman–Crippen LogP) is 5.40. The molecule has 1 amide bonds. The number of carbonyl (C=O) groups is 1. The fraction of sp³-hybridized carbons (Fsp3) is 0.400. The number of methoxy groups -OCH3 is 1. The lowest BCUT2D eigenvalue weighted by atomic mass is 9.90. The van der Waals surface area contributed by atoms with Gasteiger partial charge >= 0.3 is 12.2 Å². The number of phenols is 1. The molecule has 0 saturated carbocycles. The number of hydrogen-bond acceptors (Lipinski definition) is 8. The van der Waals surface area contributed by atoms with Crippen LogP contribution in [0.25, 0.3) is 32.9 Å². The first-order valence-corrected chi connectivity index (χ1v) is 13.9. The predicted molar refractivity (Wildman–Crippen MR) is 153 cm³/mol.